The molecule has 4 nitrogen and oxygen atoms in total. The Morgan fingerprint density at radius 2 is 2.00 bits per heavy atom. The molecule has 20 heavy (non-hydrogen) atoms. The van der Waals surface area contributed by atoms with Crippen LogP contribution in [0, 0.1) is 0 Å². The fourth-order valence-electron chi connectivity index (χ4n) is 2.67. The van der Waals surface area contributed by atoms with Gasteiger partial charge in [0.25, 0.3) is 0 Å². The third-order valence-electron chi connectivity index (χ3n) is 4.02. The highest BCUT2D eigenvalue weighted by molar-refractivity contribution is 9.10. The largest absolute Gasteiger partial charge is 0.395 e. The topological polar surface area (TPSA) is 38.7 Å². The van der Waals surface area contributed by atoms with Crippen molar-refractivity contribution in [2.75, 3.05) is 51.3 Å². The number of halogens is 1. The standard InChI is InChI=1S/C15H24BrN3O/c1-12(17-2)14-11-13(16)3-4-15(14)19-7-5-18(6-8-19)9-10-20/h3-4,11-12,17,20H,5-10H2,1-2H3. The van der Waals surface area contributed by atoms with E-state index in [1.54, 1.807) is 0 Å². The fraction of sp³-hybridized carbons (Fsp3) is 0.600. The van der Waals surface area contributed by atoms with E-state index >= 15 is 0 Å². The Balaban J connectivity index is 2.13. The second-order valence-corrected chi connectivity index (χ2v) is 6.18. The average Bonchev–Trinajstić information content (AvgIpc) is 2.47. The molecule has 0 saturated carbocycles. The van der Waals surface area contributed by atoms with E-state index in [2.05, 4.69) is 56.2 Å². The minimum atomic E-state index is 0.250. The van der Waals surface area contributed by atoms with E-state index in [0.29, 0.717) is 6.04 Å². The van der Waals surface area contributed by atoms with Crippen molar-refractivity contribution in [1.82, 2.24) is 10.2 Å². The van der Waals surface area contributed by atoms with E-state index in [0.717, 1.165) is 37.2 Å². The van der Waals surface area contributed by atoms with Crippen molar-refractivity contribution in [2.24, 2.45) is 0 Å². The van der Waals surface area contributed by atoms with E-state index in [4.69, 9.17) is 5.11 Å². The number of piperazine rings is 1. The number of anilines is 1. The lowest BCUT2D eigenvalue weighted by Crippen LogP contribution is -2.47. The van der Waals surface area contributed by atoms with Crippen LogP contribution in [0.1, 0.15) is 18.5 Å². The van der Waals surface area contributed by atoms with Crippen LogP contribution in [0.3, 0.4) is 0 Å². The quantitative estimate of drug-likeness (QED) is 0.857. The highest BCUT2D eigenvalue weighted by Gasteiger charge is 2.20. The van der Waals surface area contributed by atoms with Gasteiger partial charge in [0.05, 0.1) is 6.61 Å². The summed E-state index contributed by atoms with van der Waals surface area (Å²) in [6.45, 7) is 7.30. The first kappa shape index (κ1) is 15.8. The summed E-state index contributed by atoms with van der Waals surface area (Å²) < 4.78 is 1.12. The first-order valence-electron chi connectivity index (χ1n) is 7.20. The van der Waals surface area contributed by atoms with Gasteiger partial charge in [-0.1, -0.05) is 15.9 Å². The number of benzene rings is 1. The van der Waals surface area contributed by atoms with Gasteiger partial charge in [0.15, 0.2) is 0 Å². The zero-order valence-electron chi connectivity index (χ0n) is 12.3. The zero-order valence-corrected chi connectivity index (χ0v) is 13.9. The smallest absolute Gasteiger partial charge is 0.0558 e. The molecule has 5 heteroatoms. The molecule has 1 saturated heterocycles. The normalized spacial score (nSPS) is 18.3. The molecule has 1 unspecified atom stereocenters. The molecule has 0 aliphatic carbocycles. The van der Waals surface area contributed by atoms with Crippen molar-refractivity contribution in [3.63, 3.8) is 0 Å². The molecule has 0 radical (unpaired) electrons. The molecule has 1 aromatic rings. The summed E-state index contributed by atoms with van der Waals surface area (Å²) >= 11 is 3.57. The molecule has 2 rings (SSSR count). The molecule has 1 fully saturated rings. The van der Waals surface area contributed by atoms with Crippen LogP contribution in [0.5, 0.6) is 0 Å². The maximum absolute atomic E-state index is 9.01. The Morgan fingerprint density at radius 3 is 2.60 bits per heavy atom. The second-order valence-electron chi connectivity index (χ2n) is 5.27. The van der Waals surface area contributed by atoms with Gasteiger partial charge >= 0.3 is 0 Å². The number of β-amino-alcohol motifs (C(OH)–C–C–N with tert-alkyl or cyclic N) is 1. The molecule has 1 atom stereocenters. The Morgan fingerprint density at radius 1 is 1.30 bits per heavy atom. The summed E-state index contributed by atoms with van der Waals surface area (Å²) in [6, 6.07) is 6.85. The van der Waals surface area contributed by atoms with Crippen molar-refractivity contribution in [3.05, 3.63) is 28.2 Å². The van der Waals surface area contributed by atoms with Crippen LogP contribution in [-0.2, 0) is 0 Å². The van der Waals surface area contributed by atoms with Crippen LogP contribution in [0.2, 0.25) is 0 Å². The molecular weight excluding hydrogens is 318 g/mol. The maximum Gasteiger partial charge on any atom is 0.0558 e. The number of nitrogens with zero attached hydrogens (tertiary/aromatic N) is 2. The highest BCUT2D eigenvalue weighted by atomic mass is 79.9. The molecule has 112 valence electrons. The number of hydrogen-bond acceptors (Lipinski definition) is 4. The first-order valence-corrected chi connectivity index (χ1v) is 8.00. The monoisotopic (exact) mass is 341 g/mol. The third-order valence-corrected chi connectivity index (χ3v) is 4.51. The minimum absolute atomic E-state index is 0.250. The van der Waals surface area contributed by atoms with Gasteiger partial charge in [0, 0.05) is 48.9 Å². The number of rotatable bonds is 5. The van der Waals surface area contributed by atoms with Gasteiger partial charge in [0.2, 0.25) is 0 Å². The Hall–Kier alpha value is -0.620. The van der Waals surface area contributed by atoms with Gasteiger partial charge in [-0.05, 0) is 37.7 Å². The summed E-state index contributed by atoms with van der Waals surface area (Å²) in [4.78, 5) is 4.76. The third kappa shape index (κ3) is 3.73. The van der Waals surface area contributed by atoms with Crippen LogP contribution < -0.4 is 10.2 Å². The van der Waals surface area contributed by atoms with Crippen LogP contribution in [-0.4, -0.2) is 56.4 Å². The minimum Gasteiger partial charge on any atom is -0.395 e. The molecule has 1 aromatic carbocycles. The number of aliphatic hydroxyl groups excluding tert-OH is 1. The SMILES string of the molecule is CNC(C)c1cc(Br)ccc1N1CCN(CCO)CC1. The van der Waals surface area contributed by atoms with Gasteiger partial charge in [-0.15, -0.1) is 0 Å². The van der Waals surface area contributed by atoms with E-state index in [9.17, 15) is 0 Å². The lowest BCUT2D eigenvalue weighted by molar-refractivity contribution is 0.188. The summed E-state index contributed by atoms with van der Waals surface area (Å²) in [5, 5.41) is 12.3. The molecule has 2 N–H and O–H groups in total. The van der Waals surface area contributed by atoms with Gasteiger partial charge in [-0.25, -0.2) is 0 Å². The molecular formula is C15H24BrN3O. The summed E-state index contributed by atoms with van der Waals surface area (Å²) in [5.41, 5.74) is 2.65. The van der Waals surface area contributed by atoms with Crippen molar-refractivity contribution in [3.8, 4) is 0 Å². The van der Waals surface area contributed by atoms with Crippen molar-refractivity contribution < 1.29 is 5.11 Å². The number of hydrogen-bond donors (Lipinski definition) is 2. The summed E-state index contributed by atoms with van der Waals surface area (Å²) in [6.07, 6.45) is 0. The predicted octanol–water partition coefficient (Wildman–Crippen LogP) is 1.84. The Labute approximate surface area is 129 Å². The fourth-order valence-corrected chi connectivity index (χ4v) is 3.05. The lowest BCUT2D eigenvalue weighted by atomic mass is 10.0. The van der Waals surface area contributed by atoms with Gasteiger partial charge in [0.1, 0.15) is 0 Å². The van der Waals surface area contributed by atoms with E-state index < -0.39 is 0 Å². The van der Waals surface area contributed by atoms with Crippen LogP contribution in [0.25, 0.3) is 0 Å². The van der Waals surface area contributed by atoms with E-state index in [1.165, 1.54) is 11.3 Å². The first-order chi connectivity index (χ1) is 9.65. The molecule has 0 amide bonds. The molecule has 0 aromatic heterocycles. The van der Waals surface area contributed by atoms with Crippen molar-refractivity contribution in [1.29, 1.82) is 0 Å². The molecule has 1 aliphatic rings. The zero-order chi connectivity index (χ0) is 14.5. The average molecular weight is 342 g/mol. The molecule has 0 spiro atoms. The van der Waals surface area contributed by atoms with E-state index in [1.807, 2.05) is 7.05 Å². The van der Waals surface area contributed by atoms with Crippen LogP contribution in [0.4, 0.5) is 5.69 Å². The molecule has 1 aliphatic heterocycles. The lowest BCUT2D eigenvalue weighted by Gasteiger charge is -2.37. The Bertz CT molecular complexity index is 433. The van der Waals surface area contributed by atoms with Crippen molar-refractivity contribution in [2.45, 2.75) is 13.0 Å². The number of nitrogens with one attached hydrogen (secondary N) is 1. The highest BCUT2D eigenvalue weighted by Crippen LogP contribution is 2.30. The molecule has 1 heterocycles. The Kier molecular flexibility index (Phi) is 5.84. The number of aliphatic hydroxyl groups is 1. The van der Waals surface area contributed by atoms with Gasteiger partial charge in [-0.3, -0.25) is 4.90 Å². The van der Waals surface area contributed by atoms with Crippen LogP contribution >= 0.6 is 15.9 Å². The van der Waals surface area contributed by atoms with Gasteiger partial charge in [-0.2, -0.15) is 0 Å². The second kappa shape index (κ2) is 7.41. The van der Waals surface area contributed by atoms with Crippen LogP contribution in [0.15, 0.2) is 22.7 Å². The van der Waals surface area contributed by atoms with Crippen molar-refractivity contribution >= 4 is 21.6 Å². The molecule has 0 bridgehead atoms. The van der Waals surface area contributed by atoms with Gasteiger partial charge < -0.3 is 15.3 Å². The maximum atomic E-state index is 9.01. The summed E-state index contributed by atoms with van der Waals surface area (Å²) in [7, 11) is 1.99. The van der Waals surface area contributed by atoms with E-state index in [-0.39, 0.29) is 6.61 Å². The predicted molar refractivity (Wildman–Crippen MR) is 87.4 cm³/mol. The summed E-state index contributed by atoms with van der Waals surface area (Å²) in [5.74, 6) is 0.